The van der Waals surface area contributed by atoms with E-state index < -0.39 is 25.5 Å². The molecule has 0 saturated carbocycles. The predicted octanol–water partition coefficient (Wildman–Crippen LogP) is 2.61. The van der Waals surface area contributed by atoms with E-state index in [1.54, 1.807) is 13.0 Å². The van der Waals surface area contributed by atoms with Gasteiger partial charge in [0.15, 0.2) is 6.79 Å². The van der Waals surface area contributed by atoms with Crippen LogP contribution in [0.4, 0.5) is 13.2 Å². The Kier molecular flexibility index (Phi) is 4.55. The molecule has 0 radical (unpaired) electrons. The molecule has 0 aliphatic carbocycles. The molecule has 18 heavy (non-hydrogen) atoms. The number of benzene rings is 1. The van der Waals surface area contributed by atoms with Gasteiger partial charge in [0.05, 0.1) is 0 Å². The Morgan fingerprint density at radius 2 is 2.06 bits per heavy atom. The highest BCUT2D eigenvalue weighted by Crippen LogP contribution is 2.20. The Bertz CT molecular complexity index is 429. The standard InChI is InChI=1S/C11H11F3O4/c1-7-2-3-9(8(4-7)10(15)16)18-6-17-5-11(12,13)14/h2-4H,5-6H2,1H3,(H,15,16). The van der Waals surface area contributed by atoms with Gasteiger partial charge >= 0.3 is 12.1 Å². The minimum absolute atomic E-state index is 0.0322. The number of carboxylic acid groups (broad SMARTS) is 1. The van der Waals surface area contributed by atoms with E-state index in [1.165, 1.54) is 12.1 Å². The Morgan fingerprint density at radius 3 is 2.61 bits per heavy atom. The van der Waals surface area contributed by atoms with Gasteiger partial charge in [0.25, 0.3) is 0 Å². The lowest BCUT2D eigenvalue weighted by molar-refractivity contribution is -0.186. The molecule has 1 rings (SSSR count). The molecule has 1 aromatic rings. The summed E-state index contributed by atoms with van der Waals surface area (Å²) in [6.07, 6.45) is -4.44. The number of carboxylic acids is 1. The van der Waals surface area contributed by atoms with Gasteiger partial charge < -0.3 is 14.6 Å². The van der Waals surface area contributed by atoms with Gasteiger partial charge in [-0.1, -0.05) is 11.6 Å². The summed E-state index contributed by atoms with van der Waals surface area (Å²) in [6.45, 7) is -0.416. The smallest absolute Gasteiger partial charge is 0.411 e. The van der Waals surface area contributed by atoms with Crippen LogP contribution < -0.4 is 4.74 Å². The summed E-state index contributed by atoms with van der Waals surface area (Å²) in [5.41, 5.74) is 0.585. The Balaban J connectivity index is 2.59. The minimum atomic E-state index is -4.44. The molecule has 0 aliphatic rings. The highest BCUT2D eigenvalue weighted by Gasteiger charge is 2.27. The fourth-order valence-corrected chi connectivity index (χ4v) is 1.20. The van der Waals surface area contributed by atoms with E-state index >= 15 is 0 Å². The normalized spacial score (nSPS) is 11.3. The van der Waals surface area contributed by atoms with E-state index in [1.807, 2.05) is 0 Å². The summed E-state index contributed by atoms with van der Waals surface area (Å²) in [4.78, 5) is 10.9. The Morgan fingerprint density at radius 1 is 1.39 bits per heavy atom. The zero-order chi connectivity index (χ0) is 13.8. The second-order valence-electron chi connectivity index (χ2n) is 3.53. The van der Waals surface area contributed by atoms with Crippen molar-refractivity contribution in [1.82, 2.24) is 0 Å². The second kappa shape index (κ2) is 5.72. The number of hydrogen-bond donors (Lipinski definition) is 1. The zero-order valence-corrected chi connectivity index (χ0v) is 9.45. The molecule has 0 fully saturated rings. The first-order valence-corrected chi connectivity index (χ1v) is 4.91. The van der Waals surface area contributed by atoms with Crippen molar-refractivity contribution in [1.29, 1.82) is 0 Å². The number of halogens is 3. The number of alkyl halides is 3. The summed E-state index contributed by atoms with van der Waals surface area (Å²) in [5, 5.41) is 8.88. The second-order valence-corrected chi connectivity index (χ2v) is 3.53. The molecule has 1 N–H and O–H groups in total. The maximum atomic E-state index is 11.8. The molecule has 0 aliphatic heterocycles. The third-order valence-corrected chi connectivity index (χ3v) is 1.93. The number of ether oxygens (including phenoxy) is 2. The molecular weight excluding hydrogens is 253 g/mol. The van der Waals surface area contributed by atoms with E-state index in [0.29, 0.717) is 5.56 Å². The molecule has 0 heterocycles. The van der Waals surface area contributed by atoms with Crippen LogP contribution in [0.5, 0.6) is 5.75 Å². The fourth-order valence-electron chi connectivity index (χ4n) is 1.20. The summed E-state index contributed by atoms with van der Waals surface area (Å²) >= 11 is 0. The highest BCUT2D eigenvalue weighted by molar-refractivity contribution is 5.91. The van der Waals surface area contributed by atoms with E-state index in [2.05, 4.69) is 4.74 Å². The quantitative estimate of drug-likeness (QED) is 0.656. The molecule has 1 aromatic carbocycles. The van der Waals surface area contributed by atoms with Gasteiger partial charge in [0.2, 0.25) is 0 Å². The predicted molar refractivity (Wildman–Crippen MR) is 55.6 cm³/mol. The van der Waals surface area contributed by atoms with Crippen LogP contribution >= 0.6 is 0 Å². The molecule has 0 unspecified atom stereocenters. The summed E-state index contributed by atoms with van der Waals surface area (Å²) in [7, 11) is 0. The van der Waals surface area contributed by atoms with E-state index in [9.17, 15) is 18.0 Å². The van der Waals surface area contributed by atoms with Crippen LogP contribution in [0.2, 0.25) is 0 Å². The number of aryl methyl sites for hydroxylation is 1. The number of aromatic carboxylic acids is 1. The fraction of sp³-hybridized carbons (Fsp3) is 0.364. The molecule has 0 bridgehead atoms. The molecule has 0 atom stereocenters. The van der Waals surface area contributed by atoms with Gasteiger partial charge in [-0.15, -0.1) is 0 Å². The number of rotatable bonds is 5. The van der Waals surface area contributed by atoms with Crippen LogP contribution in [-0.2, 0) is 4.74 Å². The molecule has 100 valence electrons. The first-order chi connectivity index (χ1) is 8.29. The van der Waals surface area contributed by atoms with Crippen molar-refractivity contribution in [2.45, 2.75) is 13.1 Å². The maximum absolute atomic E-state index is 11.8. The summed E-state index contributed by atoms with van der Waals surface area (Å²) in [5.74, 6) is -1.25. The molecule has 0 spiro atoms. The molecule has 0 amide bonds. The number of carbonyl (C=O) groups is 1. The van der Waals surface area contributed by atoms with Crippen molar-refractivity contribution in [3.63, 3.8) is 0 Å². The zero-order valence-electron chi connectivity index (χ0n) is 9.45. The van der Waals surface area contributed by atoms with Crippen LogP contribution in [0.1, 0.15) is 15.9 Å². The minimum Gasteiger partial charge on any atom is -0.478 e. The van der Waals surface area contributed by atoms with Gasteiger partial charge in [0.1, 0.15) is 17.9 Å². The van der Waals surface area contributed by atoms with Crippen molar-refractivity contribution in [3.8, 4) is 5.75 Å². The van der Waals surface area contributed by atoms with Crippen LogP contribution in [0.3, 0.4) is 0 Å². The lowest BCUT2D eigenvalue weighted by Gasteiger charge is -2.11. The SMILES string of the molecule is Cc1ccc(OCOCC(F)(F)F)c(C(=O)O)c1. The third-order valence-electron chi connectivity index (χ3n) is 1.93. The molecular formula is C11H11F3O4. The summed E-state index contributed by atoms with van der Waals surface area (Å²) in [6, 6.07) is 4.32. The summed E-state index contributed by atoms with van der Waals surface area (Å²) < 4.78 is 44.4. The Hall–Kier alpha value is -1.76. The van der Waals surface area contributed by atoms with Gasteiger partial charge in [-0.3, -0.25) is 0 Å². The topological polar surface area (TPSA) is 55.8 Å². The first-order valence-electron chi connectivity index (χ1n) is 4.91. The molecule has 0 aromatic heterocycles. The average Bonchev–Trinajstić information content (AvgIpc) is 2.24. The first kappa shape index (κ1) is 14.3. The molecule has 4 nitrogen and oxygen atoms in total. The van der Waals surface area contributed by atoms with Crippen molar-refractivity contribution < 1.29 is 32.5 Å². The van der Waals surface area contributed by atoms with Crippen LogP contribution in [0.15, 0.2) is 18.2 Å². The molecule has 0 saturated heterocycles. The van der Waals surface area contributed by atoms with Crippen molar-refractivity contribution in [2.24, 2.45) is 0 Å². The van der Waals surface area contributed by atoms with E-state index in [4.69, 9.17) is 9.84 Å². The molecule has 7 heteroatoms. The van der Waals surface area contributed by atoms with Gasteiger partial charge in [0, 0.05) is 0 Å². The lowest BCUT2D eigenvalue weighted by atomic mass is 10.1. The van der Waals surface area contributed by atoms with Crippen molar-refractivity contribution >= 4 is 5.97 Å². The number of hydrogen-bond acceptors (Lipinski definition) is 3. The third kappa shape index (κ3) is 4.62. The van der Waals surface area contributed by atoms with E-state index in [0.717, 1.165) is 0 Å². The maximum Gasteiger partial charge on any atom is 0.411 e. The van der Waals surface area contributed by atoms with E-state index in [-0.39, 0.29) is 11.3 Å². The van der Waals surface area contributed by atoms with Gasteiger partial charge in [-0.25, -0.2) is 4.79 Å². The largest absolute Gasteiger partial charge is 0.478 e. The van der Waals surface area contributed by atoms with Crippen LogP contribution in [-0.4, -0.2) is 30.7 Å². The van der Waals surface area contributed by atoms with Crippen LogP contribution in [0, 0.1) is 6.92 Å². The van der Waals surface area contributed by atoms with Crippen molar-refractivity contribution in [2.75, 3.05) is 13.4 Å². The van der Waals surface area contributed by atoms with Crippen molar-refractivity contribution in [3.05, 3.63) is 29.3 Å². The Labute approximate surface area is 101 Å². The van der Waals surface area contributed by atoms with Gasteiger partial charge in [-0.05, 0) is 19.1 Å². The monoisotopic (exact) mass is 264 g/mol. The van der Waals surface area contributed by atoms with Crippen LogP contribution in [0.25, 0.3) is 0 Å². The average molecular weight is 264 g/mol. The van der Waals surface area contributed by atoms with Gasteiger partial charge in [-0.2, -0.15) is 13.2 Å². The highest BCUT2D eigenvalue weighted by atomic mass is 19.4. The lowest BCUT2D eigenvalue weighted by Crippen LogP contribution is -2.19.